The number of anilines is 1. The number of hydrogen-bond acceptors (Lipinski definition) is 3. The molecule has 3 aromatic carbocycles. The van der Waals surface area contributed by atoms with Crippen LogP contribution in [-0.2, 0) is 27.1 Å². The number of piperidine rings is 1. The molecule has 1 unspecified atom stereocenters. The van der Waals surface area contributed by atoms with Crippen molar-refractivity contribution in [1.29, 1.82) is 0 Å². The number of para-hydroxylation sites is 1. The van der Waals surface area contributed by atoms with Gasteiger partial charge in [0.05, 0.1) is 17.6 Å². The molecular weight excluding hydrogens is 384 g/mol. The molecule has 1 heterocycles. The third-order valence-corrected chi connectivity index (χ3v) is 6.85. The maximum absolute atomic E-state index is 13.2. The van der Waals surface area contributed by atoms with Gasteiger partial charge in [-0.2, -0.15) is 0 Å². The molecule has 29 heavy (non-hydrogen) atoms. The van der Waals surface area contributed by atoms with Crippen molar-refractivity contribution in [2.24, 2.45) is 0 Å². The van der Waals surface area contributed by atoms with Crippen LogP contribution in [0.4, 0.5) is 5.69 Å². The summed E-state index contributed by atoms with van der Waals surface area (Å²) >= 11 is 0. The summed E-state index contributed by atoms with van der Waals surface area (Å²) in [6, 6.07) is 21.7. The smallest absolute Gasteiger partial charge is 0.211 e. The van der Waals surface area contributed by atoms with Gasteiger partial charge in [0, 0.05) is 24.3 Å². The van der Waals surface area contributed by atoms with Crippen LogP contribution in [-0.4, -0.2) is 34.1 Å². The first kappa shape index (κ1) is 19.8. The van der Waals surface area contributed by atoms with Gasteiger partial charge in [0.1, 0.15) is 11.0 Å². The predicted molar refractivity (Wildman–Crippen MR) is 116 cm³/mol. The Kier molecular flexibility index (Phi) is 6.34. The first-order valence-corrected chi connectivity index (χ1v) is 10.9. The molecule has 0 saturated carbocycles. The highest BCUT2D eigenvalue weighted by Crippen LogP contribution is 2.26. The van der Waals surface area contributed by atoms with Crippen LogP contribution in [0.1, 0.15) is 18.4 Å². The second-order valence-corrected chi connectivity index (χ2v) is 8.54. The molecule has 0 radical (unpaired) electrons. The zero-order chi connectivity index (χ0) is 20.1. The molecule has 1 saturated heterocycles. The molecule has 1 aliphatic heterocycles. The Morgan fingerprint density at radius 3 is 2.55 bits per heavy atom. The van der Waals surface area contributed by atoms with E-state index in [0.717, 1.165) is 52.8 Å². The van der Waals surface area contributed by atoms with Crippen LogP contribution in [0.25, 0.3) is 10.8 Å². The number of fused-ring (bicyclic) bond motifs is 1. The Morgan fingerprint density at radius 2 is 1.72 bits per heavy atom. The van der Waals surface area contributed by atoms with Crippen LogP contribution >= 0.6 is 0 Å². The minimum atomic E-state index is -1.18. The van der Waals surface area contributed by atoms with Gasteiger partial charge in [-0.1, -0.05) is 54.6 Å². The van der Waals surface area contributed by atoms with Crippen LogP contribution in [0.3, 0.4) is 0 Å². The maximum Gasteiger partial charge on any atom is 0.211 e. The van der Waals surface area contributed by atoms with E-state index in [4.69, 9.17) is 4.74 Å². The average Bonchev–Trinajstić information content (AvgIpc) is 2.78. The highest BCUT2D eigenvalue weighted by molar-refractivity contribution is 7.83. The van der Waals surface area contributed by atoms with Crippen LogP contribution in [0.2, 0.25) is 0 Å². The van der Waals surface area contributed by atoms with E-state index in [1.54, 1.807) is 0 Å². The van der Waals surface area contributed by atoms with E-state index in [9.17, 15) is 9.00 Å². The molecule has 0 aliphatic carbocycles. The number of rotatable bonds is 7. The van der Waals surface area contributed by atoms with Gasteiger partial charge in [0.25, 0.3) is 0 Å². The van der Waals surface area contributed by atoms with E-state index in [1.165, 1.54) is 0 Å². The predicted octanol–water partition coefficient (Wildman–Crippen LogP) is 4.11. The summed E-state index contributed by atoms with van der Waals surface area (Å²) in [6.07, 6.45) is 2.47. The number of hydrogen-bond donors (Lipinski definition) is 1. The second-order valence-electron chi connectivity index (χ2n) is 7.09. The Labute approximate surface area is 173 Å². The third kappa shape index (κ3) is 4.56. The molecule has 1 fully saturated rings. The van der Waals surface area contributed by atoms with Crippen molar-refractivity contribution >= 4 is 33.9 Å². The number of nitrogens with zero attached hydrogens (tertiary/aromatic N) is 1. The summed E-state index contributed by atoms with van der Waals surface area (Å²) < 4.78 is 21.3. The molecular formula is C23H24N2O3S. The number of amides is 1. The van der Waals surface area contributed by atoms with Gasteiger partial charge in [0.15, 0.2) is 0 Å². The number of ether oxygens (including phenoxy) is 1. The van der Waals surface area contributed by atoms with Crippen molar-refractivity contribution in [3.05, 3.63) is 72.3 Å². The first-order valence-electron chi connectivity index (χ1n) is 9.80. The number of carbonyl (C=O) groups excluding carboxylic acids is 1. The van der Waals surface area contributed by atoms with Gasteiger partial charge in [0.2, 0.25) is 6.41 Å². The van der Waals surface area contributed by atoms with Gasteiger partial charge in [-0.05, 0) is 35.7 Å². The van der Waals surface area contributed by atoms with Crippen molar-refractivity contribution in [3.63, 3.8) is 0 Å². The summed E-state index contributed by atoms with van der Waals surface area (Å²) in [5.74, 6) is 0. The van der Waals surface area contributed by atoms with E-state index in [1.807, 2.05) is 71.0 Å². The molecule has 4 rings (SSSR count). The SMILES string of the molecule is O=CNc1ccccc1COC1CCN(S(=O)c2cccc3ccccc23)CC1. The Bertz CT molecular complexity index is 1010. The summed E-state index contributed by atoms with van der Waals surface area (Å²) in [6.45, 7) is 1.91. The number of carbonyl (C=O) groups is 1. The highest BCUT2D eigenvalue weighted by Gasteiger charge is 2.25. The summed E-state index contributed by atoms with van der Waals surface area (Å²) in [5.41, 5.74) is 1.73. The lowest BCUT2D eigenvalue weighted by molar-refractivity contribution is -0.105. The number of nitrogens with one attached hydrogen (secondary N) is 1. The van der Waals surface area contributed by atoms with Gasteiger partial charge in [-0.3, -0.25) is 4.79 Å². The largest absolute Gasteiger partial charge is 0.373 e. The molecule has 3 aromatic rings. The number of benzene rings is 3. The van der Waals surface area contributed by atoms with Crippen molar-refractivity contribution in [2.45, 2.75) is 30.4 Å². The summed E-state index contributed by atoms with van der Waals surface area (Å²) in [4.78, 5) is 11.6. The van der Waals surface area contributed by atoms with E-state index in [2.05, 4.69) is 5.32 Å². The first-order chi connectivity index (χ1) is 14.3. The Hall–Kier alpha value is -2.54. The fraction of sp³-hybridized carbons (Fsp3) is 0.261. The van der Waals surface area contributed by atoms with Crippen LogP contribution < -0.4 is 5.32 Å². The summed E-state index contributed by atoms with van der Waals surface area (Å²) in [5, 5.41) is 4.87. The molecule has 0 bridgehead atoms. The van der Waals surface area contributed by atoms with Gasteiger partial charge < -0.3 is 10.1 Å². The lowest BCUT2D eigenvalue weighted by atomic mass is 10.1. The lowest BCUT2D eigenvalue weighted by Gasteiger charge is -2.31. The molecule has 0 spiro atoms. The topological polar surface area (TPSA) is 58.6 Å². The van der Waals surface area contributed by atoms with Gasteiger partial charge >= 0.3 is 0 Å². The molecule has 1 aliphatic rings. The van der Waals surface area contributed by atoms with Crippen LogP contribution in [0.5, 0.6) is 0 Å². The molecule has 150 valence electrons. The Balaban J connectivity index is 1.36. The van der Waals surface area contributed by atoms with Crippen molar-refractivity contribution in [3.8, 4) is 0 Å². The van der Waals surface area contributed by atoms with E-state index >= 15 is 0 Å². The van der Waals surface area contributed by atoms with Crippen LogP contribution in [0.15, 0.2) is 71.6 Å². The zero-order valence-corrected chi connectivity index (χ0v) is 16.9. The summed E-state index contributed by atoms with van der Waals surface area (Å²) in [7, 11) is -1.18. The third-order valence-electron chi connectivity index (χ3n) is 5.28. The van der Waals surface area contributed by atoms with E-state index < -0.39 is 11.0 Å². The minimum Gasteiger partial charge on any atom is -0.373 e. The molecule has 6 heteroatoms. The molecule has 5 nitrogen and oxygen atoms in total. The van der Waals surface area contributed by atoms with Crippen molar-refractivity contribution in [2.75, 3.05) is 18.4 Å². The second kappa shape index (κ2) is 9.31. The fourth-order valence-electron chi connectivity index (χ4n) is 3.71. The molecule has 1 atom stereocenters. The van der Waals surface area contributed by atoms with Crippen molar-refractivity contribution < 1.29 is 13.7 Å². The van der Waals surface area contributed by atoms with Crippen LogP contribution in [0, 0.1) is 0 Å². The average molecular weight is 409 g/mol. The standard InChI is InChI=1S/C23H24N2O3S/c26-17-24-22-10-4-2-7-19(22)16-28-20-12-14-25(15-13-20)29(27)23-11-5-8-18-6-1-3-9-21(18)23/h1-11,17,20H,12-16H2,(H,24,26). The Morgan fingerprint density at radius 1 is 1.00 bits per heavy atom. The molecule has 0 aromatic heterocycles. The molecule has 1 N–H and O–H groups in total. The minimum absolute atomic E-state index is 0.125. The normalized spacial score (nSPS) is 16.6. The highest BCUT2D eigenvalue weighted by atomic mass is 32.2. The van der Waals surface area contributed by atoms with Gasteiger partial charge in [-0.15, -0.1) is 0 Å². The lowest BCUT2D eigenvalue weighted by Crippen LogP contribution is -2.38. The van der Waals surface area contributed by atoms with Crippen molar-refractivity contribution in [1.82, 2.24) is 4.31 Å². The van der Waals surface area contributed by atoms with Gasteiger partial charge in [-0.25, -0.2) is 8.51 Å². The monoisotopic (exact) mass is 408 g/mol. The zero-order valence-electron chi connectivity index (χ0n) is 16.1. The molecule has 1 amide bonds. The van der Waals surface area contributed by atoms with E-state index in [-0.39, 0.29) is 6.10 Å². The van der Waals surface area contributed by atoms with E-state index in [0.29, 0.717) is 13.0 Å². The quantitative estimate of drug-likeness (QED) is 0.599. The maximum atomic E-state index is 13.2. The fourth-order valence-corrected chi connectivity index (χ4v) is 5.10.